The molecule has 0 radical (unpaired) electrons. The van der Waals surface area contributed by atoms with E-state index in [4.69, 9.17) is 19.5 Å². The normalized spacial score (nSPS) is 18.3. The second-order valence-electron chi connectivity index (χ2n) is 13.7. The molecule has 9 heteroatoms. The van der Waals surface area contributed by atoms with Crippen molar-refractivity contribution in [3.05, 3.63) is 131 Å². The lowest BCUT2D eigenvalue weighted by Crippen LogP contribution is -2.48. The molecule has 0 unspecified atom stereocenters. The van der Waals surface area contributed by atoms with E-state index in [1.165, 1.54) is 0 Å². The molecule has 0 saturated carbocycles. The number of hydrogen-bond donors (Lipinski definition) is 1. The number of carbonyl (C=O) groups is 2. The summed E-state index contributed by atoms with van der Waals surface area (Å²) in [5.74, 6) is 7.41. The van der Waals surface area contributed by atoms with E-state index < -0.39 is 0 Å². The Bertz CT molecular complexity index is 2170. The van der Waals surface area contributed by atoms with Crippen LogP contribution in [-0.4, -0.2) is 56.8 Å². The fraction of sp³-hybridized carbons (Fsp3) is 0.302. The number of nitrogens with zero attached hydrogens (tertiary/aromatic N) is 4. The van der Waals surface area contributed by atoms with Gasteiger partial charge in [-0.05, 0) is 85.5 Å². The fourth-order valence-electron chi connectivity index (χ4n) is 7.42. The highest BCUT2D eigenvalue weighted by molar-refractivity contribution is 5.99. The van der Waals surface area contributed by atoms with Gasteiger partial charge in [-0.2, -0.15) is 0 Å². The number of fused-ring (bicyclic) bond motifs is 2. The third kappa shape index (κ3) is 7.42. The molecule has 2 fully saturated rings. The first-order valence-corrected chi connectivity index (χ1v) is 18.2. The van der Waals surface area contributed by atoms with Crippen molar-refractivity contribution in [3.63, 3.8) is 0 Å². The SMILES string of the molecule is O=C(OCc1ccccc1)N1CCCC[C@H]1C1=Nc2cc(C#Cc3ccc4nc([C@@H]5CCCCN5C(=O)OCc5ccccc5)[nH]c4c3)ccc2C1. The van der Waals surface area contributed by atoms with Crippen molar-refractivity contribution >= 4 is 34.6 Å². The van der Waals surface area contributed by atoms with Crippen LogP contribution in [0.5, 0.6) is 0 Å². The zero-order valence-corrected chi connectivity index (χ0v) is 29.1. The van der Waals surface area contributed by atoms with Crippen LogP contribution >= 0.6 is 0 Å². The van der Waals surface area contributed by atoms with Gasteiger partial charge < -0.3 is 14.5 Å². The van der Waals surface area contributed by atoms with E-state index in [1.807, 2.05) is 95.9 Å². The van der Waals surface area contributed by atoms with Gasteiger partial charge in [-0.1, -0.05) is 78.6 Å². The number of carbonyl (C=O) groups excluding carboxylic acids is 2. The zero-order chi connectivity index (χ0) is 35.3. The predicted octanol–water partition coefficient (Wildman–Crippen LogP) is 8.65. The number of nitrogens with one attached hydrogen (secondary N) is 1. The van der Waals surface area contributed by atoms with Gasteiger partial charge in [0.05, 0.1) is 28.8 Å². The number of aromatic nitrogens is 2. The van der Waals surface area contributed by atoms with Crippen LogP contribution < -0.4 is 0 Å². The largest absolute Gasteiger partial charge is 0.445 e. The predicted molar refractivity (Wildman–Crippen MR) is 200 cm³/mol. The van der Waals surface area contributed by atoms with Crippen molar-refractivity contribution in [2.75, 3.05) is 13.1 Å². The van der Waals surface area contributed by atoms with Gasteiger partial charge in [0.1, 0.15) is 19.0 Å². The number of imidazole rings is 1. The minimum atomic E-state index is -0.316. The van der Waals surface area contributed by atoms with Crippen LogP contribution in [0.3, 0.4) is 0 Å². The molecule has 4 aromatic carbocycles. The number of likely N-dealkylation sites (tertiary alicyclic amines) is 2. The first-order valence-electron chi connectivity index (χ1n) is 18.2. The Morgan fingerprint density at radius 3 is 1.98 bits per heavy atom. The summed E-state index contributed by atoms with van der Waals surface area (Å²) in [4.78, 5) is 43.3. The minimum absolute atomic E-state index is 0.0643. The topological polar surface area (TPSA) is 100 Å². The van der Waals surface area contributed by atoms with Crippen LogP contribution in [0.15, 0.2) is 102 Å². The number of piperidine rings is 2. The highest BCUT2D eigenvalue weighted by Gasteiger charge is 2.34. The maximum absolute atomic E-state index is 13.2. The molecule has 0 spiro atoms. The molecule has 4 heterocycles. The van der Waals surface area contributed by atoms with Crippen molar-refractivity contribution in [1.29, 1.82) is 0 Å². The van der Waals surface area contributed by atoms with Crippen molar-refractivity contribution < 1.29 is 19.1 Å². The first kappa shape index (κ1) is 33.3. The summed E-state index contributed by atoms with van der Waals surface area (Å²) < 4.78 is 11.4. The van der Waals surface area contributed by atoms with Gasteiger partial charge in [0.2, 0.25) is 0 Å². The van der Waals surface area contributed by atoms with Gasteiger partial charge in [-0.25, -0.2) is 14.6 Å². The second-order valence-corrected chi connectivity index (χ2v) is 13.7. The van der Waals surface area contributed by atoms with Gasteiger partial charge in [0, 0.05) is 36.3 Å². The number of aliphatic imine (C=N–C) groups is 1. The zero-order valence-electron chi connectivity index (χ0n) is 29.1. The highest BCUT2D eigenvalue weighted by Crippen LogP contribution is 2.33. The summed E-state index contributed by atoms with van der Waals surface area (Å²) in [6.07, 6.45) is 5.82. The van der Waals surface area contributed by atoms with Crippen LogP contribution in [0, 0.1) is 11.8 Å². The number of aromatic amines is 1. The molecule has 262 valence electrons. The molecule has 1 N–H and O–H groups in total. The summed E-state index contributed by atoms with van der Waals surface area (Å²) >= 11 is 0. The second kappa shape index (κ2) is 15.2. The first-order chi connectivity index (χ1) is 25.6. The van der Waals surface area contributed by atoms with Crippen LogP contribution in [0.1, 0.15) is 78.2 Å². The van der Waals surface area contributed by atoms with Gasteiger partial charge >= 0.3 is 12.2 Å². The lowest BCUT2D eigenvalue weighted by atomic mass is 9.95. The molecular weight excluding hydrogens is 651 g/mol. The van der Waals surface area contributed by atoms with Gasteiger partial charge in [0.15, 0.2) is 0 Å². The quantitative estimate of drug-likeness (QED) is 0.180. The molecule has 8 rings (SSSR count). The van der Waals surface area contributed by atoms with Crippen LogP contribution in [0.25, 0.3) is 11.0 Å². The Balaban J connectivity index is 0.940. The fourth-order valence-corrected chi connectivity index (χ4v) is 7.42. The van der Waals surface area contributed by atoms with E-state index in [9.17, 15) is 9.59 Å². The molecule has 2 saturated heterocycles. The molecule has 52 heavy (non-hydrogen) atoms. The number of ether oxygens (including phenoxy) is 2. The third-order valence-corrected chi connectivity index (χ3v) is 10.2. The average molecular weight is 692 g/mol. The lowest BCUT2D eigenvalue weighted by molar-refractivity contribution is 0.0661. The maximum atomic E-state index is 13.2. The standard InChI is InChI=1S/C43H41N5O4/c49-42(51-28-32-11-3-1-4-12-32)47-23-9-7-15-39(47)38-27-34-21-19-30(25-36(34)44-38)17-18-31-20-22-35-37(26-31)46-41(45-35)40-16-8-10-24-48(40)43(50)52-29-33-13-5-2-6-14-33/h1-6,11-14,19-22,25-26,39-40H,7-10,15-16,23-24,27-29H2,(H,45,46)/t39-,40-/m0/s1. The molecule has 3 aliphatic rings. The van der Waals surface area contributed by atoms with Gasteiger partial charge in [-0.3, -0.25) is 14.8 Å². The van der Waals surface area contributed by atoms with Crippen molar-refractivity contribution in [3.8, 4) is 11.8 Å². The Hall–Kier alpha value is -5.88. The van der Waals surface area contributed by atoms with E-state index in [0.717, 1.165) is 101 Å². The molecule has 5 aromatic rings. The van der Waals surface area contributed by atoms with Crippen molar-refractivity contribution in [2.24, 2.45) is 4.99 Å². The third-order valence-electron chi connectivity index (χ3n) is 10.2. The molecule has 0 bridgehead atoms. The number of rotatable bonds is 6. The summed E-state index contributed by atoms with van der Waals surface area (Å²) in [5, 5.41) is 0. The summed E-state index contributed by atoms with van der Waals surface area (Å²) in [6.45, 7) is 1.82. The Morgan fingerprint density at radius 1 is 0.712 bits per heavy atom. The summed E-state index contributed by atoms with van der Waals surface area (Å²) in [7, 11) is 0. The molecular formula is C43H41N5O4. The Morgan fingerprint density at radius 2 is 1.31 bits per heavy atom. The molecule has 9 nitrogen and oxygen atoms in total. The smallest absolute Gasteiger partial charge is 0.410 e. The number of H-pyrrole nitrogens is 1. The molecule has 2 atom stereocenters. The van der Waals surface area contributed by atoms with Gasteiger partial charge in [0.25, 0.3) is 0 Å². The van der Waals surface area contributed by atoms with E-state index >= 15 is 0 Å². The van der Waals surface area contributed by atoms with Crippen LogP contribution in [0.2, 0.25) is 0 Å². The van der Waals surface area contributed by atoms with Crippen LogP contribution in [-0.2, 0) is 29.1 Å². The van der Waals surface area contributed by atoms with E-state index in [2.05, 4.69) is 22.9 Å². The number of amides is 2. The number of benzene rings is 4. The summed E-state index contributed by atoms with van der Waals surface area (Å²) in [6, 6.07) is 31.4. The monoisotopic (exact) mass is 691 g/mol. The Kier molecular flexibility index (Phi) is 9.70. The van der Waals surface area contributed by atoms with Gasteiger partial charge in [-0.15, -0.1) is 0 Å². The van der Waals surface area contributed by atoms with Crippen LogP contribution in [0.4, 0.5) is 15.3 Å². The van der Waals surface area contributed by atoms with E-state index in [1.54, 1.807) is 4.90 Å². The number of hydrogen-bond acceptors (Lipinski definition) is 6. The average Bonchev–Trinajstić information content (AvgIpc) is 3.83. The lowest BCUT2D eigenvalue weighted by Gasteiger charge is -2.35. The Labute approximate surface area is 303 Å². The summed E-state index contributed by atoms with van der Waals surface area (Å²) in [5.41, 5.74) is 8.47. The molecule has 2 amide bonds. The highest BCUT2D eigenvalue weighted by atomic mass is 16.6. The van der Waals surface area contributed by atoms with E-state index in [0.29, 0.717) is 13.1 Å². The van der Waals surface area contributed by atoms with E-state index in [-0.39, 0.29) is 37.5 Å². The maximum Gasteiger partial charge on any atom is 0.410 e. The molecule has 3 aliphatic heterocycles. The van der Waals surface area contributed by atoms with Crippen molar-refractivity contribution in [2.45, 2.75) is 70.2 Å². The van der Waals surface area contributed by atoms with Crippen molar-refractivity contribution in [1.82, 2.24) is 19.8 Å². The molecule has 0 aliphatic carbocycles. The minimum Gasteiger partial charge on any atom is -0.445 e. The molecule has 1 aromatic heterocycles.